The second kappa shape index (κ2) is 9.08. The van der Waals surface area contributed by atoms with Crippen molar-refractivity contribution < 1.29 is 13.9 Å². The van der Waals surface area contributed by atoms with Crippen molar-refractivity contribution in [3.8, 4) is 5.75 Å². The summed E-state index contributed by atoms with van der Waals surface area (Å²) in [5.41, 5.74) is 2.06. The maximum atomic E-state index is 14.5. The number of nitrogens with zero attached hydrogens (tertiary/aromatic N) is 1. The van der Waals surface area contributed by atoms with Gasteiger partial charge in [0.05, 0.1) is 6.61 Å². The number of ether oxygens (including phenoxy) is 1. The third-order valence-corrected chi connectivity index (χ3v) is 6.41. The monoisotopic (exact) mass is 386 g/mol. The van der Waals surface area contributed by atoms with Gasteiger partial charge in [0, 0.05) is 19.0 Å². The first kappa shape index (κ1) is 19.4. The summed E-state index contributed by atoms with van der Waals surface area (Å²) in [6, 6.07) is 5.30. The molecule has 1 aromatic carbocycles. The van der Waals surface area contributed by atoms with Crippen LogP contribution in [0.4, 0.5) is 4.39 Å². The van der Waals surface area contributed by atoms with E-state index >= 15 is 0 Å². The minimum atomic E-state index is -0.289. The average molecular weight is 387 g/mol. The topological polar surface area (TPSA) is 41.6 Å². The van der Waals surface area contributed by atoms with Gasteiger partial charge >= 0.3 is 0 Å². The van der Waals surface area contributed by atoms with Crippen LogP contribution in [0.2, 0.25) is 0 Å². The first-order chi connectivity index (χ1) is 13.7. The fraction of sp³-hybridized carbons (Fsp3) is 0.609. The van der Waals surface area contributed by atoms with E-state index in [1.54, 1.807) is 12.1 Å². The van der Waals surface area contributed by atoms with Crippen molar-refractivity contribution in [3.63, 3.8) is 0 Å². The summed E-state index contributed by atoms with van der Waals surface area (Å²) in [6.07, 6.45) is 9.02. The SMILES string of the molecule is O=C(C1CC=C(c2ccc(OCC3CCNCC3)c(F)c2)CC1)N1CCCC1. The molecule has 1 N–H and O–H groups in total. The Hall–Kier alpha value is -1.88. The molecule has 2 saturated heterocycles. The Morgan fingerprint density at radius 2 is 1.96 bits per heavy atom. The van der Waals surface area contributed by atoms with Gasteiger partial charge in [-0.05, 0) is 87.2 Å². The largest absolute Gasteiger partial charge is 0.490 e. The second-order valence-corrected chi connectivity index (χ2v) is 8.38. The molecule has 1 aromatic rings. The Morgan fingerprint density at radius 3 is 2.64 bits per heavy atom. The lowest BCUT2D eigenvalue weighted by molar-refractivity contribution is -0.134. The number of amides is 1. The van der Waals surface area contributed by atoms with Crippen LogP contribution in [0.3, 0.4) is 0 Å². The van der Waals surface area contributed by atoms with Gasteiger partial charge in [0.25, 0.3) is 0 Å². The van der Waals surface area contributed by atoms with Gasteiger partial charge in [0.2, 0.25) is 5.91 Å². The minimum absolute atomic E-state index is 0.0966. The first-order valence-electron chi connectivity index (χ1n) is 10.8. The van der Waals surface area contributed by atoms with Crippen LogP contribution in [-0.4, -0.2) is 43.6 Å². The fourth-order valence-electron chi connectivity index (χ4n) is 4.59. The van der Waals surface area contributed by atoms with E-state index in [1.165, 1.54) is 0 Å². The van der Waals surface area contributed by atoms with Crippen molar-refractivity contribution >= 4 is 11.5 Å². The number of hydrogen-bond acceptors (Lipinski definition) is 3. The van der Waals surface area contributed by atoms with Crippen LogP contribution in [0.25, 0.3) is 5.57 Å². The molecule has 28 heavy (non-hydrogen) atoms. The Bertz CT molecular complexity index is 721. The van der Waals surface area contributed by atoms with Crippen LogP contribution in [0, 0.1) is 17.7 Å². The van der Waals surface area contributed by atoms with Crippen LogP contribution < -0.4 is 10.1 Å². The summed E-state index contributed by atoms with van der Waals surface area (Å²) < 4.78 is 20.3. The van der Waals surface area contributed by atoms with Gasteiger partial charge in [-0.3, -0.25) is 4.79 Å². The van der Waals surface area contributed by atoms with E-state index in [-0.39, 0.29) is 11.7 Å². The molecule has 3 aliphatic rings. The molecule has 0 aromatic heterocycles. The molecule has 5 heteroatoms. The number of likely N-dealkylation sites (tertiary alicyclic amines) is 1. The van der Waals surface area contributed by atoms with Crippen molar-refractivity contribution in [2.75, 3.05) is 32.8 Å². The number of rotatable bonds is 5. The molecule has 2 fully saturated rings. The average Bonchev–Trinajstić information content (AvgIpc) is 3.28. The van der Waals surface area contributed by atoms with Gasteiger partial charge in [-0.15, -0.1) is 0 Å². The zero-order chi connectivity index (χ0) is 19.3. The predicted octanol–water partition coefficient (Wildman–Crippen LogP) is 4.01. The number of carbonyl (C=O) groups excluding carboxylic acids is 1. The number of carbonyl (C=O) groups is 1. The second-order valence-electron chi connectivity index (χ2n) is 8.38. The first-order valence-corrected chi connectivity index (χ1v) is 10.8. The lowest BCUT2D eigenvalue weighted by atomic mass is 9.86. The van der Waals surface area contributed by atoms with Gasteiger partial charge in [0.15, 0.2) is 11.6 Å². The molecule has 4 nitrogen and oxygen atoms in total. The number of benzene rings is 1. The Balaban J connectivity index is 1.34. The van der Waals surface area contributed by atoms with E-state index in [9.17, 15) is 9.18 Å². The highest BCUT2D eigenvalue weighted by atomic mass is 19.1. The molecule has 2 heterocycles. The van der Waals surface area contributed by atoms with E-state index in [0.717, 1.165) is 82.3 Å². The quantitative estimate of drug-likeness (QED) is 0.831. The van der Waals surface area contributed by atoms with Crippen molar-refractivity contribution in [3.05, 3.63) is 35.7 Å². The van der Waals surface area contributed by atoms with Gasteiger partial charge in [-0.2, -0.15) is 0 Å². The van der Waals surface area contributed by atoms with E-state index in [0.29, 0.717) is 24.2 Å². The minimum Gasteiger partial charge on any atom is -0.490 e. The van der Waals surface area contributed by atoms with Gasteiger partial charge in [-0.25, -0.2) is 4.39 Å². The summed E-state index contributed by atoms with van der Waals surface area (Å²) in [7, 11) is 0. The maximum Gasteiger partial charge on any atom is 0.226 e. The summed E-state index contributed by atoms with van der Waals surface area (Å²) in [4.78, 5) is 14.6. The van der Waals surface area contributed by atoms with E-state index in [2.05, 4.69) is 11.4 Å². The Morgan fingerprint density at radius 1 is 1.18 bits per heavy atom. The lowest BCUT2D eigenvalue weighted by Crippen LogP contribution is -2.34. The molecule has 0 saturated carbocycles. The van der Waals surface area contributed by atoms with Crippen LogP contribution >= 0.6 is 0 Å². The summed E-state index contributed by atoms with van der Waals surface area (Å²) in [5.74, 6) is 0.967. The summed E-state index contributed by atoms with van der Waals surface area (Å²) >= 11 is 0. The van der Waals surface area contributed by atoms with Crippen molar-refractivity contribution in [1.29, 1.82) is 0 Å². The van der Waals surface area contributed by atoms with E-state index < -0.39 is 0 Å². The number of hydrogen-bond donors (Lipinski definition) is 1. The molecule has 1 atom stereocenters. The Labute approximate surface area is 167 Å². The number of piperidine rings is 1. The van der Waals surface area contributed by atoms with Gasteiger partial charge in [-0.1, -0.05) is 12.1 Å². The van der Waals surface area contributed by atoms with Crippen LogP contribution in [0.1, 0.15) is 50.5 Å². The molecule has 1 unspecified atom stereocenters. The lowest BCUT2D eigenvalue weighted by Gasteiger charge is -2.26. The normalized spacial score (nSPS) is 23.5. The zero-order valence-electron chi connectivity index (χ0n) is 16.6. The smallest absolute Gasteiger partial charge is 0.226 e. The molecule has 152 valence electrons. The molecule has 0 bridgehead atoms. The molecule has 2 aliphatic heterocycles. The fourth-order valence-corrected chi connectivity index (χ4v) is 4.59. The number of nitrogens with one attached hydrogen (secondary N) is 1. The van der Waals surface area contributed by atoms with Crippen molar-refractivity contribution in [2.45, 2.75) is 44.9 Å². The highest BCUT2D eigenvalue weighted by Gasteiger charge is 2.28. The van der Waals surface area contributed by atoms with E-state index in [1.807, 2.05) is 11.0 Å². The highest BCUT2D eigenvalue weighted by Crippen LogP contribution is 2.33. The summed E-state index contributed by atoms with van der Waals surface area (Å²) in [5, 5.41) is 3.33. The molecular formula is C23H31FN2O2. The van der Waals surface area contributed by atoms with Crippen molar-refractivity contribution in [1.82, 2.24) is 10.2 Å². The number of halogens is 1. The van der Waals surface area contributed by atoms with Crippen molar-refractivity contribution in [2.24, 2.45) is 11.8 Å². The maximum absolute atomic E-state index is 14.5. The third kappa shape index (κ3) is 4.57. The number of allylic oxidation sites excluding steroid dienone is 2. The highest BCUT2D eigenvalue weighted by molar-refractivity contribution is 5.81. The van der Waals surface area contributed by atoms with E-state index in [4.69, 9.17) is 4.74 Å². The predicted molar refractivity (Wildman–Crippen MR) is 109 cm³/mol. The standard InChI is InChI=1S/C23H31FN2O2/c24-21-15-20(7-8-22(21)28-16-17-9-11-25-12-10-17)18-3-5-19(6-4-18)23(27)26-13-1-2-14-26/h3,7-8,15,17,19,25H,1-2,4-6,9-14,16H2. The molecule has 1 amide bonds. The van der Waals surface area contributed by atoms with Gasteiger partial charge < -0.3 is 15.0 Å². The molecule has 4 rings (SSSR count). The molecule has 0 radical (unpaired) electrons. The molecule has 0 spiro atoms. The van der Waals surface area contributed by atoms with Crippen LogP contribution in [0.5, 0.6) is 5.75 Å². The third-order valence-electron chi connectivity index (χ3n) is 6.41. The molecular weight excluding hydrogens is 355 g/mol. The zero-order valence-corrected chi connectivity index (χ0v) is 16.6. The van der Waals surface area contributed by atoms with Crippen LogP contribution in [-0.2, 0) is 4.79 Å². The summed E-state index contributed by atoms with van der Waals surface area (Å²) in [6.45, 7) is 4.45. The Kier molecular flexibility index (Phi) is 6.30. The van der Waals surface area contributed by atoms with Gasteiger partial charge in [0.1, 0.15) is 0 Å². The molecule has 1 aliphatic carbocycles. The van der Waals surface area contributed by atoms with Crippen LogP contribution in [0.15, 0.2) is 24.3 Å².